The Morgan fingerprint density at radius 3 is 2.31 bits per heavy atom. The zero-order chi connectivity index (χ0) is 21.2. The van der Waals surface area contributed by atoms with Gasteiger partial charge in [0.2, 0.25) is 5.91 Å². The lowest BCUT2D eigenvalue weighted by Crippen LogP contribution is -2.69. The van der Waals surface area contributed by atoms with Crippen molar-refractivity contribution in [1.82, 2.24) is 9.80 Å². The van der Waals surface area contributed by atoms with Crippen LogP contribution in [0.1, 0.15) is 44.9 Å². The maximum Gasteiger partial charge on any atom is 0.490 e. The number of hydrogen-bond donors (Lipinski definition) is 2. The summed E-state index contributed by atoms with van der Waals surface area (Å²) in [6, 6.07) is 0. The first-order valence-electron chi connectivity index (χ1n) is 10.3. The Balaban J connectivity index is 0.000000298. The van der Waals surface area contributed by atoms with Gasteiger partial charge in [-0.1, -0.05) is 6.08 Å². The molecule has 164 valence electrons. The topological polar surface area (TPSA) is 81.1 Å². The third kappa shape index (κ3) is 5.31. The van der Waals surface area contributed by atoms with Crippen molar-refractivity contribution >= 4 is 11.9 Å². The van der Waals surface area contributed by atoms with E-state index < -0.39 is 12.1 Å². The first kappa shape index (κ1) is 22.1. The Morgan fingerprint density at radius 2 is 1.83 bits per heavy atom. The first-order valence-corrected chi connectivity index (χ1v) is 10.3. The summed E-state index contributed by atoms with van der Waals surface area (Å²) in [7, 11) is 0. The number of carbonyl (C=O) groups excluding carboxylic acids is 1. The Bertz CT molecular complexity index is 655. The van der Waals surface area contributed by atoms with Crippen LogP contribution >= 0.6 is 0 Å². The maximum absolute atomic E-state index is 12.6. The molecule has 1 atom stereocenters. The van der Waals surface area contributed by atoms with E-state index in [1.807, 2.05) is 0 Å². The van der Waals surface area contributed by atoms with Gasteiger partial charge in [0.15, 0.2) is 0 Å². The highest BCUT2D eigenvalue weighted by Crippen LogP contribution is 2.43. The molecule has 1 unspecified atom stereocenters. The summed E-state index contributed by atoms with van der Waals surface area (Å²) in [5.41, 5.74) is 1.23. The molecule has 4 rings (SSSR count). The molecule has 2 heterocycles. The first-order chi connectivity index (χ1) is 13.6. The second-order valence-corrected chi connectivity index (χ2v) is 8.76. The van der Waals surface area contributed by atoms with Crippen molar-refractivity contribution < 1.29 is 33.0 Å². The third-order valence-corrected chi connectivity index (χ3v) is 6.32. The molecule has 2 N–H and O–H groups in total. The smallest absolute Gasteiger partial charge is 0.475 e. The minimum atomic E-state index is -5.08. The fourth-order valence-corrected chi connectivity index (χ4v) is 4.61. The van der Waals surface area contributed by atoms with E-state index >= 15 is 0 Å². The molecule has 0 radical (unpaired) electrons. The number of aliphatic hydroxyl groups excluding tert-OH is 1. The minimum Gasteiger partial charge on any atom is -0.475 e. The van der Waals surface area contributed by atoms with Gasteiger partial charge in [-0.25, -0.2) is 4.79 Å². The largest absolute Gasteiger partial charge is 0.490 e. The monoisotopic (exact) mass is 418 g/mol. The van der Waals surface area contributed by atoms with Crippen molar-refractivity contribution in [3.63, 3.8) is 0 Å². The van der Waals surface area contributed by atoms with Gasteiger partial charge >= 0.3 is 12.1 Å². The van der Waals surface area contributed by atoms with Crippen molar-refractivity contribution in [2.24, 2.45) is 11.8 Å². The molecule has 2 saturated heterocycles. The van der Waals surface area contributed by atoms with Crippen LogP contribution in [0.5, 0.6) is 0 Å². The summed E-state index contributed by atoms with van der Waals surface area (Å²) in [4.78, 5) is 26.2. The predicted molar refractivity (Wildman–Crippen MR) is 99.0 cm³/mol. The molecule has 3 fully saturated rings. The van der Waals surface area contributed by atoms with Crippen LogP contribution in [0, 0.1) is 11.8 Å². The minimum absolute atomic E-state index is 0.181. The Hall–Kier alpha value is -1.61. The highest BCUT2D eigenvalue weighted by Gasteiger charge is 2.55. The van der Waals surface area contributed by atoms with Gasteiger partial charge in [-0.3, -0.25) is 9.69 Å². The lowest BCUT2D eigenvalue weighted by molar-refractivity contribution is -0.192. The Labute approximate surface area is 168 Å². The Kier molecular flexibility index (Phi) is 6.57. The number of carboxylic acid groups (broad SMARTS) is 1. The van der Waals surface area contributed by atoms with Gasteiger partial charge in [-0.05, 0) is 56.8 Å². The molecule has 0 aromatic rings. The fraction of sp³-hybridized carbons (Fsp3) is 0.800. The van der Waals surface area contributed by atoms with E-state index in [1.165, 1.54) is 25.8 Å². The van der Waals surface area contributed by atoms with Crippen LogP contribution in [-0.4, -0.2) is 76.4 Å². The molecule has 2 aliphatic heterocycles. The quantitative estimate of drug-likeness (QED) is 0.733. The average Bonchev–Trinajstić information content (AvgIpc) is 3.39. The standard InChI is InChI=1S/C18H28N2O2.C2HF3O2/c21-11-15-8-18(20(10-15)9-14-6-7-14)12-19(13-18)17(22)16-4-2-1-3-5-16;3-2(4,5)1(6)7/h4,14-15,21H,1-3,5-13H2;(H,6,7). The van der Waals surface area contributed by atoms with E-state index in [-0.39, 0.29) is 11.4 Å². The zero-order valence-corrected chi connectivity index (χ0v) is 16.5. The number of halogens is 3. The number of nitrogens with zero attached hydrogens (tertiary/aromatic N) is 2. The molecule has 1 spiro atoms. The van der Waals surface area contributed by atoms with E-state index in [9.17, 15) is 23.1 Å². The van der Waals surface area contributed by atoms with Crippen molar-refractivity contribution in [3.05, 3.63) is 11.6 Å². The Morgan fingerprint density at radius 1 is 1.17 bits per heavy atom. The number of aliphatic carboxylic acids is 1. The summed E-state index contributed by atoms with van der Waals surface area (Å²) < 4.78 is 31.7. The van der Waals surface area contributed by atoms with Crippen LogP contribution in [0.3, 0.4) is 0 Å². The normalized spacial score (nSPS) is 26.4. The number of carbonyl (C=O) groups is 2. The fourth-order valence-electron chi connectivity index (χ4n) is 4.61. The number of amides is 1. The summed E-state index contributed by atoms with van der Waals surface area (Å²) in [6.45, 7) is 4.26. The van der Waals surface area contributed by atoms with Crippen LogP contribution in [0.25, 0.3) is 0 Å². The number of rotatable bonds is 4. The molecule has 9 heteroatoms. The highest BCUT2D eigenvalue weighted by molar-refractivity contribution is 5.94. The third-order valence-electron chi connectivity index (χ3n) is 6.32. The molecular weight excluding hydrogens is 389 g/mol. The van der Waals surface area contributed by atoms with Gasteiger partial charge in [0.05, 0.1) is 5.54 Å². The molecule has 4 aliphatic rings. The molecule has 1 amide bonds. The van der Waals surface area contributed by atoms with Crippen molar-refractivity contribution in [1.29, 1.82) is 0 Å². The van der Waals surface area contributed by atoms with Gasteiger partial charge in [-0.2, -0.15) is 13.2 Å². The highest BCUT2D eigenvalue weighted by atomic mass is 19.4. The number of alkyl halides is 3. The molecule has 1 saturated carbocycles. The SMILES string of the molecule is O=C(C1=CCCCC1)N1CC2(CC(CO)CN2CC2CC2)C1.O=C(O)C(F)(F)F. The van der Waals surface area contributed by atoms with Crippen LogP contribution in [0.2, 0.25) is 0 Å². The molecule has 0 aromatic heterocycles. The van der Waals surface area contributed by atoms with Crippen LogP contribution < -0.4 is 0 Å². The number of likely N-dealkylation sites (tertiary alicyclic amines) is 2. The van der Waals surface area contributed by atoms with Crippen LogP contribution in [0.4, 0.5) is 13.2 Å². The van der Waals surface area contributed by atoms with Gasteiger partial charge in [-0.15, -0.1) is 0 Å². The van der Waals surface area contributed by atoms with Crippen molar-refractivity contribution in [3.8, 4) is 0 Å². The molecule has 2 aliphatic carbocycles. The molecule has 29 heavy (non-hydrogen) atoms. The molecule has 0 bridgehead atoms. The summed E-state index contributed by atoms with van der Waals surface area (Å²) in [5.74, 6) is -1.19. The molecule has 0 aromatic carbocycles. The van der Waals surface area contributed by atoms with Crippen molar-refractivity contribution in [2.45, 2.75) is 56.7 Å². The summed E-state index contributed by atoms with van der Waals surface area (Å²) in [5, 5.41) is 16.7. The number of aliphatic hydroxyl groups is 1. The summed E-state index contributed by atoms with van der Waals surface area (Å²) in [6.07, 6.45) is 5.31. The lowest BCUT2D eigenvalue weighted by Gasteiger charge is -2.53. The number of carboxylic acids is 1. The number of allylic oxidation sites excluding steroid dienone is 1. The predicted octanol–water partition coefficient (Wildman–Crippen LogP) is 2.43. The van der Waals surface area contributed by atoms with Crippen LogP contribution in [-0.2, 0) is 9.59 Å². The number of hydrogen-bond acceptors (Lipinski definition) is 4. The van der Waals surface area contributed by atoms with E-state index in [2.05, 4.69) is 15.9 Å². The van der Waals surface area contributed by atoms with Gasteiger partial charge in [0.25, 0.3) is 0 Å². The maximum atomic E-state index is 12.6. The van der Waals surface area contributed by atoms with E-state index in [0.717, 1.165) is 56.8 Å². The average molecular weight is 418 g/mol. The molecule has 6 nitrogen and oxygen atoms in total. The lowest BCUT2D eigenvalue weighted by atomic mass is 9.83. The van der Waals surface area contributed by atoms with E-state index in [0.29, 0.717) is 12.5 Å². The van der Waals surface area contributed by atoms with Gasteiger partial charge in [0, 0.05) is 38.4 Å². The second-order valence-electron chi connectivity index (χ2n) is 8.76. The van der Waals surface area contributed by atoms with Gasteiger partial charge in [0.1, 0.15) is 0 Å². The zero-order valence-electron chi connectivity index (χ0n) is 16.5. The summed E-state index contributed by atoms with van der Waals surface area (Å²) >= 11 is 0. The molecular formula is C20H29F3N2O4. The van der Waals surface area contributed by atoms with Crippen molar-refractivity contribution in [2.75, 3.05) is 32.8 Å². The van der Waals surface area contributed by atoms with E-state index in [1.54, 1.807) is 0 Å². The second kappa shape index (κ2) is 8.63. The van der Waals surface area contributed by atoms with E-state index in [4.69, 9.17) is 9.90 Å². The van der Waals surface area contributed by atoms with Crippen LogP contribution in [0.15, 0.2) is 11.6 Å². The van der Waals surface area contributed by atoms with Gasteiger partial charge < -0.3 is 15.1 Å².